The number of amides is 2. The SMILES string of the molecule is CC1CC(N2CCC(=O)N3CCCC3C2=O)C1. The molecule has 1 aliphatic carbocycles. The number of rotatable bonds is 1. The zero-order chi connectivity index (χ0) is 12.0. The second kappa shape index (κ2) is 4.00. The molecule has 2 saturated heterocycles. The fourth-order valence-corrected chi connectivity index (χ4v) is 3.46. The van der Waals surface area contributed by atoms with Crippen LogP contribution in [0.2, 0.25) is 0 Å². The lowest BCUT2D eigenvalue weighted by Gasteiger charge is -2.42. The van der Waals surface area contributed by atoms with Crippen LogP contribution in [0.5, 0.6) is 0 Å². The molecule has 17 heavy (non-hydrogen) atoms. The van der Waals surface area contributed by atoms with Gasteiger partial charge in [-0.2, -0.15) is 0 Å². The van der Waals surface area contributed by atoms with Crippen molar-refractivity contribution in [1.82, 2.24) is 9.80 Å². The van der Waals surface area contributed by atoms with Crippen molar-refractivity contribution in [3.05, 3.63) is 0 Å². The molecule has 0 aromatic carbocycles. The van der Waals surface area contributed by atoms with Crippen LogP contribution in [0.25, 0.3) is 0 Å². The number of hydrogen-bond donors (Lipinski definition) is 0. The molecule has 1 saturated carbocycles. The van der Waals surface area contributed by atoms with Crippen LogP contribution in [0.15, 0.2) is 0 Å². The Bertz CT molecular complexity index is 349. The van der Waals surface area contributed by atoms with E-state index in [4.69, 9.17) is 0 Å². The molecule has 3 aliphatic rings. The highest BCUT2D eigenvalue weighted by Crippen LogP contribution is 2.34. The number of carbonyl (C=O) groups excluding carboxylic acids is 2. The van der Waals surface area contributed by atoms with E-state index < -0.39 is 0 Å². The number of hydrogen-bond acceptors (Lipinski definition) is 2. The Morgan fingerprint density at radius 2 is 1.88 bits per heavy atom. The highest BCUT2D eigenvalue weighted by molar-refractivity contribution is 5.90. The Morgan fingerprint density at radius 3 is 2.59 bits per heavy atom. The Balaban J connectivity index is 1.77. The summed E-state index contributed by atoms with van der Waals surface area (Å²) in [6.07, 6.45) is 4.60. The number of carbonyl (C=O) groups is 2. The van der Waals surface area contributed by atoms with Crippen molar-refractivity contribution in [2.75, 3.05) is 13.1 Å². The Hall–Kier alpha value is -1.06. The lowest BCUT2D eigenvalue weighted by Crippen LogP contribution is -2.51. The normalized spacial score (nSPS) is 37.8. The van der Waals surface area contributed by atoms with Gasteiger partial charge in [0.2, 0.25) is 11.8 Å². The summed E-state index contributed by atoms with van der Waals surface area (Å²) in [6.45, 7) is 3.65. The molecule has 0 aromatic heterocycles. The van der Waals surface area contributed by atoms with E-state index in [0.717, 1.165) is 38.1 Å². The summed E-state index contributed by atoms with van der Waals surface area (Å²) in [5.41, 5.74) is 0. The largest absolute Gasteiger partial charge is 0.337 e. The molecule has 4 heteroatoms. The number of nitrogens with zero attached hydrogens (tertiary/aromatic N) is 2. The Morgan fingerprint density at radius 1 is 1.12 bits per heavy atom. The molecule has 1 unspecified atom stereocenters. The molecule has 0 spiro atoms. The molecule has 2 heterocycles. The average molecular weight is 236 g/mol. The molecule has 2 aliphatic heterocycles. The lowest BCUT2D eigenvalue weighted by molar-refractivity contribution is -0.142. The maximum atomic E-state index is 12.4. The van der Waals surface area contributed by atoms with Gasteiger partial charge in [-0.05, 0) is 31.6 Å². The molecule has 3 fully saturated rings. The average Bonchev–Trinajstić information content (AvgIpc) is 2.70. The van der Waals surface area contributed by atoms with Gasteiger partial charge in [-0.3, -0.25) is 9.59 Å². The van der Waals surface area contributed by atoms with Gasteiger partial charge in [0.25, 0.3) is 0 Å². The minimum atomic E-state index is -0.138. The molecule has 0 radical (unpaired) electrons. The molecule has 94 valence electrons. The van der Waals surface area contributed by atoms with Crippen LogP contribution in [0.1, 0.15) is 39.0 Å². The van der Waals surface area contributed by atoms with Crippen molar-refractivity contribution in [2.24, 2.45) is 5.92 Å². The van der Waals surface area contributed by atoms with Crippen molar-refractivity contribution in [3.63, 3.8) is 0 Å². The summed E-state index contributed by atoms with van der Waals surface area (Å²) in [4.78, 5) is 28.2. The molecular formula is C13H20N2O2. The third-order valence-electron chi connectivity index (χ3n) is 4.50. The first-order chi connectivity index (χ1) is 8.16. The molecule has 0 N–H and O–H groups in total. The van der Waals surface area contributed by atoms with Crippen molar-refractivity contribution in [1.29, 1.82) is 0 Å². The van der Waals surface area contributed by atoms with E-state index in [1.54, 1.807) is 0 Å². The third kappa shape index (κ3) is 1.74. The number of fused-ring (bicyclic) bond motifs is 1. The minimum Gasteiger partial charge on any atom is -0.337 e. The highest BCUT2D eigenvalue weighted by Gasteiger charge is 2.43. The molecule has 1 atom stereocenters. The maximum absolute atomic E-state index is 12.4. The van der Waals surface area contributed by atoms with Gasteiger partial charge < -0.3 is 9.80 Å². The van der Waals surface area contributed by atoms with Gasteiger partial charge in [-0.25, -0.2) is 0 Å². The van der Waals surface area contributed by atoms with E-state index in [1.165, 1.54) is 0 Å². The van der Waals surface area contributed by atoms with Crippen molar-refractivity contribution < 1.29 is 9.59 Å². The van der Waals surface area contributed by atoms with Gasteiger partial charge in [0.1, 0.15) is 6.04 Å². The summed E-state index contributed by atoms with van der Waals surface area (Å²) in [7, 11) is 0. The lowest BCUT2D eigenvalue weighted by atomic mass is 9.80. The van der Waals surface area contributed by atoms with E-state index in [1.807, 2.05) is 9.80 Å². The van der Waals surface area contributed by atoms with Crippen molar-refractivity contribution >= 4 is 11.8 Å². The second-order valence-electron chi connectivity index (χ2n) is 5.76. The van der Waals surface area contributed by atoms with Crippen molar-refractivity contribution in [2.45, 2.75) is 51.1 Å². The van der Waals surface area contributed by atoms with Crippen LogP contribution in [-0.4, -0.2) is 46.8 Å². The quantitative estimate of drug-likeness (QED) is 0.681. The van der Waals surface area contributed by atoms with Crippen LogP contribution in [0.3, 0.4) is 0 Å². The molecule has 0 bridgehead atoms. The Kier molecular flexibility index (Phi) is 2.60. The smallest absolute Gasteiger partial charge is 0.245 e. The van der Waals surface area contributed by atoms with Crippen LogP contribution < -0.4 is 0 Å². The summed E-state index contributed by atoms with van der Waals surface area (Å²) >= 11 is 0. The standard InChI is InChI=1S/C13H20N2O2/c1-9-7-10(8-9)14-6-4-12(16)15-5-2-3-11(15)13(14)17/h9-11H,2-8H2,1H3. The summed E-state index contributed by atoms with van der Waals surface area (Å²) in [5, 5.41) is 0. The van der Waals surface area contributed by atoms with Gasteiger partial charge >= 0.3 is 0 Å². The van der Waals surface area contributed by atoms with Gasteiger partial charge in [0, 0.05) is 25.6 Å². The monoisotopic (exact) mass is 236 g/mol. The molecule has 0 aromatic rings. The van der Waals surface area contributed by atoms with Gasteiger partial charge in [-0.1, -0.05) is 6.92 Å². The molecule has 3 rings (SSSR count). The fraction of sp³-hybridized carbons (Fsp3) is 0.846. The fourth-order valence-electron chi connectivity index (χ4n) is 3.46. The molecular weight excluding hydrogens is 216 g/mol. The van der Waals surface area contributed by atoms with E-state index in [0.29, 0.717) is 19.0 Å². The zero-order valence-corrected chi connectivity index (χ0v) is 10.4. The first-order valence-corrected chi connectivity index (χ1v) is 6.77. The predicted molar refractivity (Wildman–Crippen MR) is 63.3 cm³/mol. The second-order valence-corrected chi connectivity index (χ2v) is 5.76. The first-order valence-electron chi connectivity index (χ1n) is 6.77. The molecule has 2 amide bonds. The van der Waals surface area contributed by atoms with Gasteiger partial charge in [0.15, 0.2) is 0 Å². The first kappa shape index (κ1) is 11.1. The van der Waals surface area contributed by atoms with E-state index in [-0.39, 0.29) is 17.9 Å². The maximum Gasteiger partial charge on any atom is 0.245 e. The predicted octanol–water partition coefficient (Wildman–Crippen LogP) is 1.01. The third-order valence-corrected chi connectivity index (χ3v) is 4.50. The Labute approximate surface area is 102 Å². The van der Waals surface area contributed by atoms with Gasteiger partial charge in [0.05, 0.1) is 0 Å². The zero-order valence-electron chi connectivity index (χ0n) is 10.4. The summed E-state index contributed by atoms with van der Waals surface area (Å²) < 4.78 is 0. The topological polar surface area (TPSA) is 40.6 Å². The van der Waals surface area contributed by atoms with E-state index in [2.05, 4.69) is 6.92 Å². The van der Waals surface area contributed by atoms with Crippen LogP contribution in [0, 0.1) is 5.92 Å². The van der Waals surface area contributed by atoms with Crippen LogP contribution in [0.4, 0.5) is 0 Å². The minimum absolute atomic E-state index is 0.138. The van der Waals surface area contributed by atoms with Crippen LogP contribution >= 0.6 is 0 Å². The molecule has 4 nitrogen and oxygen atoms in total. The summed E-state index contributed by atoms with van der Waals surface area (Å²) in [5.74, 6) is 1.13. The van der Waals surface area contributed by atoms with E-state index in [9.17, 15) is 9.59 Å². The van der Waals surface area contributed by atoms with Crippen molar-refractivity contribution in [3.8, 4) is 0 Å². The van der Waals surface area contributed by atoms with Gasteiger partial charge in [-0.15, -0.1) is 0 Å². The van der Waals surface area contributed by atoms with Crippen LogP contribution in [-0.2, 0) is 9.59 Å². The highest BCUT2D eigenvalue weighted by atomic mass is 16.2. The summed E-state index contributed by atoms with van der Waals surface area (Å²) in [6, 6.07) is 0.270. The van der Waals surface area contributed by atoms with E-state index >= 15 is 0 Å².